The second-order valence-corrected chi connectivity index (χ2v) is 2.76. The third-order valence-corrected chi connectivity index (χ3v) is 1.67. The second-order valence-electron chi connectivity index (χ2n) is 2.76. The molecule has 5 nitrogen and oxygen atoms in total. The lowest BCUT2D eigenvalue weighted by molar-refractivity contribution is -0.119. The van der Waals surface area contributed by atoms with E-state index >= 15 is 0 Å². The Balaban J connectivity index is 2.97. The first-order valence-corrected chi connectivity index (χ1v) is 4.13. The van der Waals surface area contributed by atoms with E-state index in [1.54, 1.807) is 12.1 Å². The van der Waals surface area contributed by atoms with Crippen LogP contribution in [-0.2, 0) is 4.79 Å². The number of carbonyl (C=O) groups is 1. The largest absolute Gasteiger partial charge is 0.483 e. The van der Waals surface area contributed by atoms with E-state index in [1.165, 1.54) is 6.07 Å². The highest BCUT2D eigenvalue weighted by Crippen LogP contribution is 2.18. The fourth-order valence-electron chi connectivity index (χ4n) is 0.997. The predicted octanol–water partition coefficient (Wildman–Crippen LogP) is 0.420. The molecule has 0 heterocycles. The van der Waals surface area contributed by atoms with Gasteiger partial charge < -0.3 is 15.9 Å². The first-order valence-electron chi connectivity index (χ1n) is 4.13. The summed E-state index contributed by atoms with van der Waals surface area (Å²) in [4.78, 5) is 10.5. The van der Waals surface area contributed by atoms with Crippen LogP contribution in [0.1, 0.15) is 11.1 Å². The van der Waals surface area contributed by atoms with Crippen LogP contribution in [0.25, 0.3) is 0 Å². The van der Waals surface area contributed by atoms with Crippen molar-refractivity contribution in [1.82, 2.24) is 0 Å². The molecule has 0 aliphatic rings. The zero-order valence-corrected chi connectivity index (χ0v) is 7.86. The molecule has 76 valence electrons. The van der Waals surface area contributed by atoms with E-state index in [2.05, 4.69) is 0 Å². The average molecular weight is 203 g/mol. The Morgan fingerprint density at radius 2 is 2.40 bits per heavy atom. The van der Waals surface area contributed by atoms with Crippen LogP contribution < -0.4 is 10.5 Å². The highest BCUT2D eigenvalue weighted by atomic mass is 16.5. The Bertz CT molecular complexity index is 435. The van der Waals surface area contributed by atoms with Gasteiger partial charge in [-0.2, -0.15) is 5.26 Å². The molecule has 1 aromatic carbocycles. The van der Waals surface area contributed by atoms with E-state index in [-0.39, 0.29) is 6.61 Å². The fourth-order valence-corrected chi connectivity index (χ4v) is 0.997. The Labute approximate surface area is 86.6 Å². The van der Waals surface area contributed by atoms with E-state index < -0.39 is 5.91 Å². The summed E-state index contributed by atoms with van der Waals surface area (Å²) in [6, 6.07) is 6.53. The van der Waals surface area contributed by atoms with Crippen LogP contribution in [0, 0.1) is 16.7 Å². The molecule has 0 unspecified atom stereocenters. The van der Waals surface area contributed by atoms with E-state index in [9.17, 15) is 4.79 Å². The third kappa shape index (κ3) is 2.81. The van der Waals surface area contributed by atoms with Gasteiger partial charge in [-0.15, -0.1) is 0 Å². The van der Waals surface area contributed by atoms with Crippen LogP contribution in [0.5, 0.6) is 5.75 Å². The second kappa shape index (κ2) is 4.77. The van der Waals surface area contributed by atoms with E-state index in [0.29, 0.717) is 16.9 Å². The Hall–Kier alpha value is -2.35. The molecule has 0 spiro atoms. The number of benzene rings is 1. The molecule has 0 aliphatic heterocycles. The van der Waals surface area contributed by atoms with Crippen molar-refractivity contribution in [2.75, 3.05) is 6.61 Å². The molecule has 0 saturated heterocycles. The SMILES string of the molecule is N#Cc1ccc(C=N)c(OCC(N)=O)c1. The van der Waals surface area contributed by atoms with Crippen molar-refractivity contribution in [3.63, 3.8) is 0 Å². The van der Waals surface area contributed by atoms with Gasteiger partial charge in [-0.3, -0.25) is 4.79 Å². The smallest absolute Gasteiger partial charge is 0.255 e. The summed E-state index contributed by atoms with van der Waals surface area (Å²) in [6.07, 6.45) is 1.08. The maximum absolute atomic E-state index is 10.5. The summed E-state index contributed by atoms with van der Waals surface area (Å²) in [7, 11) is 0. The lowest BCUT2D eigenvalue weighted by Crippen LogP contribution is -2.20. The van der Waals surface area contributed by atoms with Gasteiger partial charge in [0.05, 0.1) is 11.6 Å². The third-order valence-electron chi connectivity index (χ3n) is 1.67. The molecule has 0 atom stereocenters. The van der Waals surface area contributed by atoms with E-state index in [4.69, 9.17) is 21.1 Å². The van der Waals surface area contributed by atoms with Gasteiger partial charge in [0.2, 0.25) is 0 Å². The van der Waals surface area contributed by atoms with E-state index in [1.807, 2.05) is 6.07 Å². The summed E-state index contributed by atoms with van der Waals surface area (Å²) in [5, 5.41) is 15.7. The molecule has 3 N–H and O–H groups in total. The first kappa shape index (κ1) is 10.7. The lowest BCUT2D eigenvalue weighted by Gasteiger charge is -2.06. The van der Waals surface area contributed by atoms with Crippen LogP contribution in [0.4, 0.5) is 0 Å². The van der Waals surface area contributed by atoms with Crippen LogP contribution in [0.2, 0.25) is 0 Å². The Kier molecular flexibility index (Phi) is 3.41. The Morgan fingerprint density at radius 3 is 2.93 bits per heavy atom. The van der Waals surface area contributed by atoms with Gasteiger partial charge >= 0.3 is 0 Å². The maximum atomic E-state index is 10.5. The normalized spacial score (nSPS) is 9.00. The molecular formula is C10H9N3O2. The van der Waals surface area contributed by atoms with Crippen LogP contribution >= 0.6 is 0 Å². The number of nitrogens with two attached hydrogens (primary N) is 1. The maximum Gasteiger partial charge on any atom is 0.255 e. The topological polar surface area (TPSA) is 100.0 Å². The fraction of sp³-hybridized carbons (Fsp3) is 0.100. The standard InChI is InChI=1S/C10H9N3O2/c11-4-7-1-2-8(5-12)9(3-7)15-6-10(13)14/h1-3,5,12H,6H2,(H2,13,14). The van der Waals surface area contributed by atoms with Crippen molar-refractivity contribution < 1.29 is 9.53 Å². The monoisotopic (exact) mass is 203 g/mol. The van der Waals surface area contributed by atoms with Gasteiger partial charge in [0.15, 0.2) is 6.61 Å². The summed E-state index contributed by atoms with van der Waals surface area (Å²) in [5.41, 5.74) is 5.81. The summed E-state index contributed by atoms with van der Waals surface area (Å²) in [6.45, 7) is -0.268. The number of nitrogens with one attached hydrogen (secondary N) is 1. The Morgan fingerprint density at radius 1 is 1.67 bits per heavy atom. The highest BCUT2D eigenvalue weighted by molar-refractivity contribution is 5.82. The van der Waals surface area contributed by atoms with Crippen molar-refractivity contribution in [3.8, 4) is 11.8 Å². The molecular weight excluding hydrogens is 194 g/mol. The lowest BCUT2D eigenvalue weighted by atomic mass is 10.1. The van der Waals surface area contributed by atoms with Crippen LogP contribution in [0.3, 0.4) is 0 Å². The van der Waals surface area contributed by atoms with Crippen molar-refractivity contribution in [3.05, 3.63) is 29.3 Å². The molecule has 0 bridgehead atoms. The molecule has 0 radical (unpaired) electrons. The molecule has 5 heteroatoms. The van der Waals surface area contributed by atoms with Crippen molar-refractivity contribution in [1.29, 1.82) is 10.7 Å². The van der Waals surface area contributed by atoms with Gasteiger partial charge in [-0.1, -0.05) is 0 Å². The van der Waals surface area contributed by atoms with E-state index in [0.717, 1.165) is 6.21 Å². The van der Waals surface area contributed by atoms with Crippen LogP contribution in [-0.4, -0.2) is 18.7 Å². The van der Waals surface area contributed by atoms with Gasteiger partial charge in [0, 0.05) is 11.8 Å². The summed E-state index contributed by atoms with van der Waals surface area (Å²) in [5.74, 6) is -0.295. The number of amides is 1. The van der Waals surface area contributed by atoms with Crippen molar-refractivity contribution in [2.45, 2.75) is 0 Å². The number of ether oxygens (including phenoxy) is 1. The summed E-state index contributed by atoms with van der Waals surface area (Å²) >= 11 is 0. The number of nitrogens with zero attached hydrogens (tertiary/aromatic N) is 1. The summed E-state index contributed by atoms with van der Waals surface area (Å²) < 4.78 is 5.06. The predicted molar refractivity (Wildman–Crippen MR) is 53.7 cm³/mol. The molecule has 15 heavy (non-hydrogen) atoms. The minimum atomic E-state index is -0.603. The zero-order chi connectivity index (χ0) is 11.3. The number of hydrogen-bond donors (Lipinski definition) is 2. The number of carbonyl (C=O) groups excluding carboxylic acids is 1. The number of nitriles is 1. The molecule has 0 aromatic heterocycles. The molecule has 1 rings (SSSR count). The quantitative estimate of drug-likeness (QED) is 0.693. The number of hydrogen-bond acceptors (Lipinski definition) is 4. The zero-order valence-electron chi connectivity index (χ0n) is 7.86. The number of rotatable bonds is 4. The number of primary amides is 1. The van der Waals surface area contributed by atoms with Crippen LogP contribution in [0.15, 0.2) is 18.2 Å². The van der Waals surface area contributed by atoms with Crippen molar-refractivity contribution in [2.24, 2.45) is 5.73 Å². The average Bonchev–Trinajstić information content (AvgIpc) is 2.25. The minimum Gasteiger partial charge on any atom is -0.483 e. The first-order chi connectivity index (χ1) is 7.17. The minimum absolute atomic E-state index is 0.268. The molecule has 1 amide bonds. The van der Waals surface area contributed by atoms with Gasteiger partial charge in [-0.25, -0.2) is 0 Å². The highest BCUT2D eigenvalue weighted by Gasteiger charge is 2.04. The molecule has 0 saturated carbocycles. The van der Waals surface area contributed by atoms with Gasteiger partial charge in [0.1, 0.15) is 5.75 Å². The molecule has 0 aliphatic carbocycles. The molecule has 1 aromatic rings. The van der Waals surface area contributed by atoms with Gasteiger partial charge in [-0.05, 0) is 18.2 Å². The molecule has 0 fully saturated rings. The van der Waals surface area contributed by atoms with Gasteiger partial charge in [0.25, 0.3) is 5.91 Å². The van der Waals surface area contributed by atoms with Crippen molar-refractivity contribution >= 4 is 12.1 Å².